The van der Waals surface area contributed by atoms with E-state index in [2.05, 4.69) is 51.4 Å². The lowest BCUT2D eigenvalue weighted by molar-refractivity contribution is -0.0332. The molecule has 0 amide bonds. The molecule has 2 saturated heterocycles. The first kappa shape index (κ1) is 28.7. The van der Waals surface area contributed by atoms with Crippen LogP contribution in [0.4, 0.5) is 0 Å². The molecular formula is C35H39N5O4. The van der Waals surface area contributed by atoms with Gasteiger partial charge in [0.15, 0.2) is 0 Å². The Bertz CT molecular complexity index is 1790. The van der Waals surface area contributed by atoms with E-state index in [1.807, 2.05) is 18.3 Å². The molecule has 2 aliphatic heterocycles. The maximum atomic E-state index is 11.2. The normalized spacial score (nSPS) is 18.4. The molecule has 0 spiro atoms. The first-order valence-corrected chi connectivity index (χ1v) is 15.6. The van der Waals surface area contributed by atoms with Gasteiger partial charge in [-0.05, 0) is 104 Å². The number of piperidine rings is 1. The van der Waals surface area contributed by atoms with Crippen LogP contribution in [0.2, 0.25) is 0 Å². The Morgan fingerprint density at radius 2 is 1.86 bits per heavy atom. The van der Waals surface area contributed by atoms with Crippen LogP contribution in [0.15, 0.2) is 60.8 Å². The summed E-state index contributed by atoms with van der Waals surface area (Å²) in [6, 6.07) is 18.3. The number of carbonyl (C=O) groups is 1. The first-order chi connectivity index (χ1) is 21.5. The number of carboxylic acids is 1. The van der Waals surface area contributed by atoms with Crippen LogP contribution in [0, 0.1) is 0 Å². The maximum absolute atomic E-state index is 11.2. The van der Waals surface area contributed by atoms with Crippen LogP contribution in [0.3, 0.4) is 0 Å². The first-order valence-electron chi connectivity index (χ1n) is 15.6. The standard InChI is InChI=1S/C35H39N5O4/c1-38-27(21-39-16-13-24(14-17-39)23-6-8-25(9-7-23)35(41)42)20-29-28(12-15-36-34(29)38)26-10-11-31-30(19-26)37-32(22-43-2)40(31)33-5-3-4-18-44-33/h6-12,15,19-20,24,33H,3-5,13-14,16-18,21-22H2,1-2H3,(H,41,42). The Morgan fingerprint density at radius 3 is 2.59 bits per heavy atom. The molecule has 0 aliphatic carbocycles. The van der Waals surface area contributed by atoms with E-state index in [1.54, 1.807) is 19.2 Å². The molecule has 3 aromatic heterocycles. The van der Waals surface area contributed by atoms with Gasteiger partial charge in [-0.3, -0.25) is 9.47 Å². The van der Waals surface area contributed by atoms with E-state index in [-0.39, 0.29) is 6.23 Å². The number of benzene rings is 2. The highest BCUT2D eigenvalue weighted by Gasteiger charge is 2.24. The summed E-state index contributed by atoms with van der Waals surface area (Å²) in [5, 5.41) is 10.4. The number of ether oxygens (including phenoxy) is 2. The highest BCUT2D eigenvalue weighted by molar-refractivity contribution is 5.96. The molecule has 1 N–H and O–H groups in total. The zero-order valence-corrected chi connectivity index (χ0v) is 25.4. The number of methoxy groups -OCH3 is 1. The molecule has 1 atom stereocenters. The molecular weight excluding hydrogens is 554 g/mol. The lowest BCUT2D eigenvalue weighted by Crippen LogP contribution is -2.33. The van der Waals surface area contributed by atoms with E-state index >= 15 is 0 Å². The highest BCUT2D eigenvalue weighted by Crippen LogP contribution is 2.35. The average Bonchev–Trinajstić information content (AvgIpc) is 3.58. The molecule has 228 valence electrons. The van der Waals surface area contributed by atoms with Crippen LogP contribution in [0.25, 0.3) is 33.2 Å². The SMILES string of the molecule is COCc1nc2cc(-c3ccnc4c3cc(CN3CCC(c5ccc(C(=O)O)cc5)CC3)n4C)ccc2n1C1CCCCO1. The van der Waals surface area contributed by atoms with Gasteiger partial charge in [0.05, 0.1) is 16.6 Å². The molecule has 9 nitrogen and oxygen atoms in total. The second kappa shape index (κ2) is 12.1. The molecule has 0 radical (unpaired) electrons. The number of hydrogen-bond donors (Lipinski definition) is 1. The number of hydrogen-bond acceptors (Lipinski definition) is 6. The highest BCUT2D eigenvalue weighted by atomic mass is 16.5. The predicted molar refractivity (Wildman–Crippen MR) is 170 cm³/mol. The van der Waals surface area contributed by atoms with Crippen molar-refractivity contribution < 1.29 is 19.4 Å². The number of fused-ring (bicyclic) bond motifs is 2. The minimum Gasteiger partial charge on any atom is -0.478 e. The van der Waals surface area contributed by atoms with Gasteiger partial charge in [-0.25, -0.2) is 14.8 Å². The van der Waals surface area contributed by atoms with Gasteiger partial charge in [-0.15, -0.1) is 0 Å². The van der Waals surface area contributed by atoms with Crippen molar-refractivity contribution >= 4 is 28.0 Å². The van der Waals surface area contributed by atoms with Gasteiger partial charge in [0.25, 0.3) is 0 Å². The second-order valence-corrected chi connectivity index (χ2v) is 12.1. The van der Waals surface area contributed by atoms with Gasteiger partial charge in [-0.2, -0.15) is 0 Å². The Labute approximate surface area is 257 Å². The van der Waals surface area contributed by atoms with E-state index in [9.17, 15) is 9.90 Å². The summed E-state index contributed by atoms with van der Waals surface area (Å²) in [7, 11) is 3.82. The quantitative estimate of drug-likeness (QED) is 0.219. The molecule has 2 aliphatic rings. The predicted octanol–water partition coefficient (Wildman–Crippen LogP) is 6.51. The number of aromatic nitrogens is 4. The number of aromatic carboxylic acids is 1. The topological polar surface area (TPSA) is 94.6 Å². The number of imidazole rings is 1. The van der Waals surface area contributed by atoms with E-state index in [1.165, 1.54) is 11.3 Å². The molecule has 1 unspecified atom stereocenters. The van der Waals surface area contributed by atoms with E-state index < -0.39 is 5.97 Å². The monoisotopic (exact) mass is 593 g/mol. The minimum absolute atomic E-state index is 0.00314. The van der Waals surface area contributed by atoms with Crippen LogP contribution < -0.4 is 0 Å². The summed E-state index contributed by atoms with van der Waals surface area (Å²) >= 11 is 0. The summed E-state index contributed by atoms with van der Waals surface area (Å²) in [4.78, 5) is 23.5. The Hall–Kier alpha value is -4.05. The average molecular weight is 594 g/mol. The van der Waals surface area contributed by atoms with Crippen molar-refractivity contribution in [1.29, 1.82) is 0 Å². The largest absolute Gasteiger partial charge is 0.478 e. The van der Waals surface area contributed by atoms with Crippen LogP contribution in [0.1, 0.15) is 71.7 Å². The van der Waals surface area contributed by atoms with Crippen molar-refractivity contribution in [2.45, 2.75) is 57.4 Å². The molecule has 44 heavy (non-hydrogen) atoms. The van der Waals surface area contributed by atoms with Gasteiger partial charge in [0.2, 0.25) is 0 Å². The molecule has 9 heteroatoms. The third-order valence-corrected chi connectivity index (χ3v) is 9.42. The zero-order valence-electron chi connectivity index (χ0n) is 25.4. The van der Waals surface area contributed by atoms with Crippen LogP contribution in [0.5, 0.6) is 0 Å². The molecule has 7 rings (SSSR count). The Morgan fingerprint density at radius 1 is 1.05 bits per heavy atom. The third kappa shape index (κ3) is 5.40. The fraction of sp³-hybridized carbons (Fsp3) is 0.400. The Balaban J connectivity index is 1.12. The number of rotatable bonds is 8. The molecule has 2 aromatic carbocycles. The van der Waals surface area contributed by atoms with E-state index in [4.69, 9.17) is 19.4 Å². The van der Waals surface area contributed by atoms with Gasteiger partial charge >= 0.3 is 5.97 Å². The smallest absolute Gasteiger partial charge is 0.335 e. The van der Waals surface area contributed by atoms with Crippen molar-refractivity contribution in [2.75, 3.05) is 26.8 Å². The van der Waals surface area contributed by atoms with Crippen LogP contribution in [-0.4, -0.2) is 61.9 Å². The van der Waals surface area contributed by atoms with Crippen molar-refractivity contribution in [2.24, 2.45) is 7.05 Å². The lowest BCUT2D eigenvalue weighted by atomic mass is 9.89. The van der Waals surface area contributed by atoms with E-state index in [0.717, 1.165) is 97.4 Å². The molecule has 5 heterocycles. The number of aryl methyl sites for hydroxylation is 1. The fourth-order valence-corrected chi connectivity index (χ4v) is 7.02. The number of pyridine rings is 1. The molecule has 0 bridgehead atoms. The van der Waals surface area contributed by atoms with Gasteiger partial charge in [0, 0.05) is 44.6 Å². The van der Waals surface area contributed by atoms with Crippen LogP contribution in [-0.2, 0) is 29.7 Å². The lowest BCUT2D eigenvalue weighted by Gasteiger charge is -2.32. The van der Waals surface area contributed by atoms with Crippen molar-refractivity contribution in [3.05, 3.63) is 83.4 Å². The second-order valence-electron chi connectivity index (χ2n) is 12.1. The zero-order chi connectivity index (χ0) is 30.2. The molecule has 5 aromatic rings. The summed E-state index contributed by atoms with van der Waals surface area (Å²) in [5.74, 6) is 0.480. The van der Waals surface area contributed by atoms with Gasteiger partial charge in [0.1, 0.15) is 24.3 Å². The number of likely N-dealkylation sites (tertiary alicyclic amines) is 1. The van der Waals surface area contributed by atoms with Gasteiger partial charge < -0.3 is 19.1 Å². The fourth-order valence-electron chi connectivity index (χ4n) is 7.02. The van der Waals surface area contributed by atoms with E-state index in [0.29, 0.717) is 18.1 Å². The van der Waals surface area contributed by atoms with Crippen LogP contribution >= 0.6 is 0 Å². The Kier molecular flexibility index (Phi) is 7.93. The minimum atomic E-state index is -0.878. The van der Waals surface area contributed by atoms with Crippen molar-refractivity contribution in [3.63, 3.8) is 0 Å². The van der Waals surface area contributed by atoms with Gasteiger partial charge in [-0.1, -0.05) is 18.2 Å². The van der Waals surface area contributed by atoms with Crippen molar-refractivity contribution in [1.82, 2.24) is 24.0 Å². The summed E-state index contributed by atoms with van der Waals surface area (Å²) in [6.45, 7) is 4.09. The molecule has 2 fully saturated rings. The third-order valence-electron chi connectivity index (χ3n) is 9.42. The summed E-state index contributed by atoms with van der Waals surface area (Å²) in [5.41, 5.74) is 8.09. The summed E-state index contributed by atoms with van der Waals surface area (Å²) in [6.07, 6.45) is 7.26. The van der Waals surface area contributed by atoms with Crippen molar-refractivity contribution in [3.8, 4) is 11.1 Å². The molecule has 0 saturated carbocycles. The summed E-state index contributed by atoms with van der Waals surface area (Å²) < 4.78 is 16.1. The number of carboxylic acid groups (broad SMARTS) is 1. The maximum Gasteiger partial charge on any atom is 0.335 e. The number of nitrogens with zero attached hydrogens (tertiary/aromatic N) is 5.